The summed E-state index contributed by atoms with van der Waals surface area (Å²) in [6.07, 6.45) is 2.43. The van der Waals surface area contributed by atoms with Gasteiger partial charge in [0.05, 0.1) is 6.61 Å². The highest BCUT2D eigenvalue weighted by Crippen LogP contribution is 2.01. The predicted octanol–water partition coefficient (Wildman–Crippen LogP) is 0.775. The first kappa shape index (κ1) is 7.03. The summed E-state index contributed by atoms with van der Waals surface area (Å²) >= 11 is 0. The van der Waals surface area contributed by atoms with Gasteiger partial charge in [-0.25, -0.2) is 0 Å². The summed E-state index contributed by atoms with van der Waals surface area (Å²) in [7, 11) is 0. The molecule has 2 nitrogen and oxygen atoms in total. The Labute approximate surface area is 56.6 Å². The van der Waals surface area contributed by atoms with Crippen LogP contribution in [0, 0.1) is 0 Å². The minimum atomic E-state index is 0.663. The molecule has 0 radical (unpaired) electrons. The molecule has 0 aliphatic carbocycles. The molecule has 0 saturated carbocycles. The van der Waals surface area contributed by atoms with Crippen molar-refractivity contribution in [1.29, 1.82) is 0 Å². The average molecular weight is 129 g/mol. The summed E-state index contributed by atoms with van der Waals surface area (Å²) in [4.78, 5) is 0. The summed E-state index contributed by atoms with van der Waals surface area (Å²) in [5, 5.41) is 3.28. The van der Waals surface area contributed by atoms with Crippen molar-refractivity contribution in [2.75, 3.05) is 19.8 Å². The third-order valence-electron chi connectivity index (χ3n) is 1.59. The van der Waals surface area contributed by atoms with Crippen LogP contribution in [0.3, 0.4) is 0 Å². The number of rotatable bonds is 4. The molecule has 9 heavy (non-hydrogen) atoms. The lowest BCUT2D eigenvalue weighted by molar-refractivity contribution is 0.0926. The highest BCUT2D eigenvalue weighted by molar-refractivity contribution is 4.76. The number of hydrogen-bond donors (Lipinski definition) is 1. The molecule has 1 saturated heterocycles. The van der Waals surface area contributed by atoms with E-state index in [1.54, 1.807) is 0 Å². The number of hydrogen-bond acceptors (Lipinski definition) is 2. The highest BCUT2D eigenvalue weighted by atomic mass is 16.5. The topological polar surface area (TPSA) is 21.3 Å². The van der Waals surface area contributed by atoms with E-state index in [0.717, 1.165) is 19.6 Å². The first-order chi connectivity index (χ1) is 4.43. The maximum Gasteiger partial charge on any atom is 0.0620 e. The van der Waals surface area contributed by atoms with Gasteiger partial charge in [0, 0.05) is 12.6 Å². The normalized spacial score (nSPS) is 25.7. The van der Waals surface area contributed by atoms with Crippen molar-refractivity contribution >= 4 is 0 Å². The molecule has 54 valence electrons. The van der Waals surface area contributed by atoms with E-state index in [2.05, 4.69) is 12.2 Å². The predicted molar refractivity (Wildman–Crippen MR) is 37.5 cm³/mol. The second-order valence-electron chi connectivity index (χ2n) is 2.51. The molecule has 2 heteroatoms. The fourth-order valence-electron chi connectivity index (χ4n) is 0.861. The van der Waals surface area contributed by atoms with Crippen molar-refractivity contribution in [1.82, 2.24) is 5.32 Å². The van der Waals surface area contributed by atoms with E-state index in [1.807, 2.05) is 0 Å². The molecule has 0 amide bonds. The lowest BCUT2D eigenvalue weighted by Gasteiger charge is -2.26. The van der Waals surface area contributed by atoms with Crippen LogP contribution in [0.2, 0.25) is 0 Å². The Balaban J connectivity index is 1.80. The van der Waals surface area contributed by atoms with Gasteiger partial charge < -0.3 is 10.1 Å². The molecule has 0 bridgehead atoms. The van der Waals surface area contributed by atoms with Crippen molar-refractivity contribution in [3.05, 3.63) is 0 Å². The Morgan fingerprint density at radius 2 is 2.44 bits per heavy atom. The molecule has 1 fully saturated rings. The third-order valence-corrected chi connectivity index (χ3v) is 1.59. The van der Waals surface area contributed by atoms with Crippen molar-refractivity contribution in [3.8, 4) is 0 Å². The van der Waals surface area contributed by atoms with Crippen molar-refractivity contribution in [2.24, 2.45) is 0 Å². The molecule has 1 rings (SSSR count). The number of ether oxygens (including phenoxy) is 1. The maximum absolute atomic E-state index is 5.32. The number of nitrogens with one attached hydrogen (secondary N) is 1. The lowest BCUT2D eigenvalue weighted by Crippen LogP contribution is -2.45. The van der Waals surface area contributed by atoms with Gasteiger partial charge in [0.1, 0.15) is 0 Å². The maximum atomic E-state index is 5.32. The van der Waals surface area contributed by atoms with E-state index in [0.29, 0.717) is 6.04 Å². The van der Waals surface area contributed by atoms with Crippen LogP contribution in [-0.2, 0) is 4.74 Å². The molecule has 1 heterocycles. The minimum Gasteiger partial charge on any atom is -0.380 e. The smallest absolute Gasteiger partial charge is 0.0620 e. The van der Waals surface area contributed by atoms with Crippen molar-refractivity contribution in [2.45, 2.75) is 25.8 Å². The monoisotopic (exact) mass is 129 g/mol. The Bertz CT molecular complexity index is 71.3. The van der Waals surface area contributed by atoms with Crippen molar-refractivity contribution in [3.63, 3.8) is 0 Å². The van der Waals surface area contributed by atoms with Crippen LogP contribution in [0.15, 0.2) is 0 Å². The minimum absolute atomic E-state index is 0.663. The summed E-state index contributed by atoms with van der Waals surface area (Å²) in [6, 6.07) is 0.663. The Kier molecular flexibility index (Phi) is 3.01. The van der Waals surface area contributed by atoms with Crippen LogP contribution < -0.4 is 5.32 Å². The molecular formula is C7H15NO. The Morgan fingerprint density at radius 3 is 2.89 bits per heavy atom. The zero-order chi connectivity index (χ0) is 6.53. The zero-order valence-corrected chi connectivity index (χ0v) is 6.02. The molecule has 1 unspecified atom stereocenters. The van der Waals surface area contributed by atoms with Gasteiger partial charge >= 0.3 is 0 Å². The van der Waals surface area contributed by atoms with Gasteiger partial charge in [-0.1, -0.05) is 6.92 Å². The molecule has 0 spiro atoms. The van der Waals surface area contributed by atoms with Crippen LogP contribution in [0.1, 0.15) is 19.8 Å². The molecule has 0 aromatic heterocycles. The molecule has 1 aliphatic rings. The van der Waals surface area contributed by atoms with Crippen LogP contribution in [0.25, 0.3) is 0 Å². The first-order valence-electron chi connectivity index (χ1n) is 3.74. The van der Waals surface area contributed by atoms with Gasteiger partial charge in [0.2, 0.25) is 0 Å². The average Bonchev–Trinajstić information content (AvgIpc) is 1.76. The van der Waals surface area contributed by atoms with Gasteiger partial charge in [0.15, 0.2) is 0 Å². The van der Waals surface area contributed by atoms with E-state index < -0.39 is 0 Å². The Morgan fingerprint density at radius 1 is 1.67 bits per heavy atom. The van der Waals surface area contributed by atoms with E-state index in [-0.39, 0.29) is 0 Å². The fourth-order valence-corrected chi connectivity index (χ4v) is 0.861. The van der Waals surface area contributed by atoms with Crippen LogP contribution >= 0.6 is 0 Å². The van der Waals surface area contributed by atoms with Crippen LogP contribution in [-0.4, -0.2) is 25.8 Å². The zero-order valence-electron chi connectivity index (χ0n) is 6.02. The second kappa shape index (κ2) is 3.85. The van der Waals surface area contributed by atoms with Crippen molar-refractivity contribution < 1.29 is 4.74 Å². The molecule has 0 aromatic carbocycles. The summed E-state index contributed by atoms with van der Waals surface area (Å²) in [5.74, 6) is 0. The van der Waals surface area contributed by atoms with Gasteiger partial charge in [0.25, 0.3) is 0 Å². The second-order valence-corrected chi connectivity index (χ2v) is 2.51. The largest absolute Gasteiger partial charge is 0.380 e. The SMILES string of the molecule is CCCOCC1CCN1. The van der Waals surface area contributed by atoms with E-state index >= 15 is 0 Å². The molecule has 1 N–H and O–H groups in total. The van der Waals surface area contributed by atoms with Gasteiger partial charge in [-0.2, -0.15) is 0 Å². The lowest BCUT2D eigenvalue weighted by atomic mass is 10.1. The van der Waals surface area contributed by atoms with Crippen LogP contribution in [0.5, 0.6) is 0 Å². The summed E-state index contributed by atoms with van der Waals surface area (Å²) in [5.41, 5.74) is 0. The van der Waals surface area contributed by atoms with E-state index in [4.69, 9.17) is 4.74 Å². The molecular weight excluding hydrogens is 114 g/mol. The third kappa shape index (κ3) is 2.33. The molecule has 0 aromatic rings. The van der Waals surface area contributed by atoms with Gasteiger partial charge in [-0.15, -0.1) is 0 Å². The Hall–Kier alpha value is -0.0800. The van der Waals surface area contributed by atoms with Gasteiger partial charge in [-0.05, 0) is 19.4 Å². The summed E-state index contributed by atoms with van der Waals surface area (Å²) in [6.45, 7) is 5.14. The van der Waals surface area contributed by atoms with Crippen LogP contribution in [0.4, 0.5) is 0 Å². The first-order valence-corrected chi connectivity index (χ1v) is 3.74. The van der Waals surface area contributed by atoms with Gasteiger partial charge in [-0.3, -0.25) is 0 Å². The van der Waals surface area contributed by atoms with E-state index in [1.165, 1.54) is 13.0 Å². The summed E-state index contributed by atoms with van der Waals surface area (Å²) < 4.78 is 5.32. The van der Waals surface area contributed by atoms with E-state index in [9.17, 15) is 0 Å². The quantitative estimate of drug-likeness (QED) is 0.566. The highest BCUT2D eigenvalue weighted by Gasteiger charge is 2.15. The molecule has 1 aliphatic heterocycles. The fraction of sp³-hybridized carbons (Fsp3) is 1.00. The standard InChI is InChI=1S/C7H15NO/c1-2-5-9-6-7-3-4-8-7/h7-8H,2-6H2,1H3. The molecule has 1 atom stereocenters.